The number of aromatic amines is 1. The summed E-state index contributed by atoms with van der Waals surface area (Å²) in [6.45, 7) is 0. The van der Waals surface area contributed by atoms with Crippen molar-refractivity contribution in [1.29, 1.82) is 0 Å². The Morgan fingerprint density at radius 3 is 2.53 bits per heavy atom. The molecule has 0 atom stereocenters. The number of primary amides is 1. The maximum Gasteiger partial charge on any atom is 0.284 e. The summed E-state index contributed by atoms with van der Waals surface area (Å²) in [7, 11) is 0. The summed E-state index contributed by atoms with van der Waals surface area (Å²) in [6, 6.07) is 7.67. The van der Waals surface area contributed by atoms with Gasteiger partial charge in [0.05, 0.1) is 11.9 Å². The lowest BCUT2D eigenvalue weighted by molar-refractivity contribution is 0.0991. The van der Waals surface area contributed by atoms with Crippen LogP contribution in [0, 0.1) is 0 Å². The van der Waals surface area contributed by atoms with Crippen molar-refractivity contribution in [3.63, 3.8) is 0 Å². The van der Waals surface area contributed by atoms with Crippen molar-refractivity contribution < 1.29 is 4.79 Å². The van der Waals surface area contributed by atoms with E-state index in [1.54, 1.807) is 6.20 Å². The number of aromatic nitrogens is 2. The van der Waals surface area contributed by atoms with Crippen LogP contribution in [0.25, 0.3) is 11.3 Å². The first-order chi connectivity index (χ1) is 7.16. The highest BCUT2D eigenvalue weighted by Gasteiger charge is 2.06. The first-order valence-corrected chi connectivity index (χ1v) is 5.07. The van der Waals surface area contributed by atoms with Gasteiger partial charge in [0.2, 0.25) is 0 Å². The number of hydrogen-bond donors (Lipinski definition) is 2. The highest BCUT2D eigenvalue weighted by Crippen LogP contribution is 2.19. The predicted octanol–water partition coefficient (Wildman–Crippen LogP) is 1.94. The monoisotopic (exact) mass is 265 g/mol. The Kier molecular flexibility index (Phi) is 2.55. The Balaban J connectivity index is 2.37. The molecule has 1 aromatic carbocycles. The van der Waals surface area contributed by atoms with Crippen LogP contribution in [0.2, 0.25) is 0 Å². The molecule has 5 heteroatoms. The Bertz CT molecular complexity index is 490. The molecule has 0 aliphatic heterocycles. The number of rotatable bonds is 2. The van der Waals surface area contributed by atoms with Crippen LogP contribution in [0.3, 0.4) is 0 Å². The molecule has 0 fully saturated rings. The quantitative estimate of drug-likeness (QED) is 0.871. The minimum atomic E-state index is -0.557. The number of hydrogen-bond acceptors (Lipinski definition) is 2. The van der Waals surface area contributed by atoms with Crippen LogP contribution < -0.4 is 5.73 Å². The van der Waals surface area contributed by atoms with Crippen molar-refractivity contribution in [3.05, 3.63) is 40.8 Å². The van der Waals surface area contributed by atoms with Gasteiger partial charge in [-0.3, -0.25) is 4.79 Å². The summed E-state index contributed by atoms with van der Waals surface area (Å²) in [4.78, 5) is 17.5. The van der Waals surface area contributed by atoms with Gasteiger partial charge in [-0.2, -0.15) is 0 Å². The lowest BCUT2D eigenvalue weighted by Gasteiger charge is -1.96. The predicted molar refractivity (Wildman–Crippen MR) is 60.2 cm³/mol. The van der Waals surface area contributed by atoms with E-state index in [9.17, 15) is 4.79 Å². The number of nitrogens with two attached hydrogens (primary N) is 1. The molecule has 0 saturated heterocycles. The molecule has 2 aromatic rings. The van der Waals surface area contributed by atoms with Gasteiger partial charge in [-0.05, 0) is 17.7 Å². The first kappa shape index (κ1) is 9.92. The summed E-state index contributed by atoms with van der Waals surface area (Å²) in [5.74, 6) is -0.383. The molecule has 0 spiro atoms. The summed E-state index contributed by atoms with van der Waals surface area (Å²) >= 11 is 3.35. The number of H-pyrrole nitrogens is 1. The van der Waals surface area contributed by atoms with Gasteiger partial charge < -0.3 is 10.7 Å². The number of nitrogens with one attached hydrogen (secondary N) is 1. The van der Waals surface area contributed by atoms with Crippen molar-refractivity contribution in [2.75, 3.05) is 0 Å². The molecule has 76 valence electrons. The van der Waals surface area contributed by atoms with Crippen LogP contribution in [-0.4, -0.2) is 15.9 Å². The van der Waals surface area contributed by atoms with E-state index in [2.05, 4.69) is 25.9 Å². The van der Waals surface area contributed by atoms with Gasteiger partial charge in [-0.1, -0.05) is 28.1 Å². The first-order valence-electron chi connectivity index (χ1n) is 4.27. The second-order valence-electron chi connectivity index (χ2n) is 3.02. The van der Waals surface area contributed by atoms with Crippen LogP contribution >= 0.6 is 15.9 Å². The van der Waals surface area contributed by atoms with E-state index in [0.717, 1.165) is 15.7 Å². The summed E-state index contributed by atoms with van der Waals surface area (Å²) in [5.41, 5.74) is 6.82. The van der Waals surface area contributed by atoms with Gasteiger partial charge in [-0.15, -0.1) is 0 Å². The minimum Gasteiger partial charge on any atom is -0.363 e. The topological polar surface area (TPSA) is 71.8 Å². The molecule has 0 bridgehead atoms. The normalized spacial score (nSPS) is 10.2. The fourth-order valence-electron chi connectivity index (χ4n) is 1.22. The van der Waals surface area contributed by atoms with E-state index < -0.39 is 5.91 Å². The second kappa shape index (κ2) is 3.86. The lowest BCUT2D eigenvalue weighted by Crippen LogP contribution is -2.12. The number of carbonyl (C=O) groups is 1. The zero-order valence-electron chi connectivity index (χ0n) is 7.70. The molecule has 0 radical (unpaired) electrons. The highest BCUT2D eigenvalue weighted by molar-refractivity contribution is 9.10. The Labute approximate surface area is 94.7 Å². The number of carbonyl (C=O) groups excluding carboxylic acids is 1. The summed E-state index contributed by atoms with van der Waals surface area (Å²) in [5, 5.41) is 0. The number of imidazole rings is 1. The molecule has 0 aliphatic rings. The smallest absolute Gasteiger partial charge is 0.284 e. The zero-order chi connectivity index (χ0) is 10.8. The molecule has 4 nitrogen and oxygen atoms in total. The Morgan fingerprint density at radius 2 is 2.00 bits per heavy atom. The average molecular weight is 266 g/mol. The molecule has 1 aromatic heterocycles. The van der Waals surface area contributed by atoms with E-state index in [1.165, 1.54) is 0 Å². The van der Waals surface area contributed by atoms with E-state index in [-0.39, 0.29) is 5.82 Å². The molecule has 0 unspecified atom stereocenters. The minimum absolute atomic E-state index is 0.174. The SMILES string of the molecule is NC(=O)c1ncc(-c2ccc(Br)cc2)[nH]1. The van der Waals surface area contributed by atoms with Gasteiger partial charge in [0.15, 0.2) is 5.82 Å². The molecule has 0 aliphatic carbocycles. The van der Waals surface area contributed by atoms with Crippen molar-refractivity contribution >= 4 is 21.8 Å². The van der Waals surface area contributed by atoms with Crippen molar-refractivity contribution in [3.8, 4) is 11.3 Å². The van der Waals surface area contributed by atoms with Crippen molar-refractivity contribution in [1.82, 2.24) is 9.97 Å². The molecule has 1 amide bonds. The highest BCUT2D eigenvalue weighted by atomic mass is 79.9. The molecule has 15 heavy (non-hydrogen) atoms. The summed E-state index contributed by atoms with van der Waals surface area (Å²) in [6.07, 6.45) is 1.59. The van der Waals surface area contributed by atoms with Crippen LogP contribution in [-0.2, 0) is 0 Å². The van der Waals surface area contributed by atoms with Crippen molar-refractivity contribution in [2.24, 2.45) is 5.73 Å². The molecule has 1 heterocycles. The molecule has 0 saturated carbocycles. The molecule has 3 N–H and O–H groups in total. The Hall–Kier alpha value is -1.62. The number of benzene rings is 1. The average Bonchev–Trinajstić information content (AvgIpc) is 2.68. The van der Waals surface area contributed by atoms with E-state index in [0.29, 0.717) is 0 Å². The van der Waals surface area contributed by atoms with Gasteiger partial charge in [0, 0.05) is 4.47 Å². The number of nitrogens with zero attached hydrogens (tertiary/aromatic N) is 1. The fraction of sp³-hybridized carbons (Fsp3) is 0. The Morgan fingerprint density at radius 1 is 1.33 bits per heavy atom. The van der Waals surface area contributed by atoms with Crippen LogP contribution in [0.15, 0.2) is 34.9 Å². The van der Waals surface area contributed by atoms with Crippen LogP contribution in [0.5, 0.6) is 0 Å². The second-order valence-corrected chi connectivity index (χ2v) is 3.93. The summed E-state index contributed by atoms with van der Waals surface area (Å²) < 4.78 is 1.00. The zero-order valence-corrected chi connectivity index (χ0v) is 9.28. The van der Waals surface area contributed by atoms with E-state index in [4.69, 9.17) is 5.73 Å². The maximum atomic E-state index is 10.8. The maximum absolute atomic E-state index is 10.8. The van der Waals surface area contributed by atoms with Crippen molar-refractivity contribution in [2.45, 2.75) is 0 Å². The number of amides is 1. The third-order valence-electron chi connectivity index (χ3n) is 1.96. The third-order valence-corrected chi connectivity index (χ3v) is 2.49. The van der Waals surface area contributed by atoms with Gasteiger partial charge in [-0.25, -0.2) is 4.98 Å². The fourth-order valence-corrected chi connectivity index (χ4v) is 1.49. The van der Waals surface area contributed by atoms with Gasteiger partial charge in [0.25, 0.3) is 5.91 Å². The van der Waals surface area contributed by atoms with Crippen LogP contribution in [0.1, 0.15) is 10.6 Å². The van der Waals surface area contributed by atoms with Crippen LogP contribution in [0.4, 0.5) is 0 Å². The van der Waals surface area contributed by atoms with Gasteiger partial charge >= 0.3 is 0 Å². The molecular weight excluding hydrogens is 258 g/mol. The number of halogens is 1. The third kappa shape index (κ3) is 2.07. The lowest BCUT2D eigenvalue weighted by atomic mass is 10.2. The molecule has 2 rings (SSSR count). The standard InChI is InChI=1S/C10H8BrN3O/c11-7-3-1-6(2-4-7)8-5-13-10(14-8)9(12)15/h1-5H,(H2,12,15)(H,13,14). The molecular formula is C10H8BrN3O. The van der Waals surface area contributed by atoms with Gasteiger partial charge in [0.1, 0.15) is 0 Å². The largest absolute Gasteiger partial charge is 0.363 e. The van der Waals surface area contributed by atoms with E-state index >= 15 is 0 Å². The van der Waals surface area contributed by atoms with E-state index in [1.807, 2.05) is 24.3 Å².